The molecule has 1 unspecified atom stereocenters. The second-order valence-electron chi connectivity index (χ2n) is 6.43. The second kappa shape index (κ2) is 9.26. The van der Waals surface area contributed by atoms with Crippen LogP contribution in [0.2, 0.25) is 0 Å². The van der Waals surface area contributed by atoms with Crippen molar-refractivity contribution in [1.29, 1.82) is 0 Å². The molecule has 0 saturated carbocycles. The minimum absolute atomic E-state index is 0.163. The molecule has 1 aliphatic rings. The Bertz CT molecular complexity index is 404. The predicted octanol–water partition coefficient (Wildman–Crippen LogP) is 1.51. The Labute approximate surface area is 135 Å². The van der Waals surface area contributed by atoms with Crippen LogP contribution in [0.4, 0.5) is 0 Å². The van der Waals surface area contributed by atoms with Crippen molar-refractivity contribution < 1.29 is 5.11 Å². The normalized spacial score (nSPS) is 18.7. The molecule has 1 atom stereocenters. The standard InChI is InChI=1S/C18H31N3O/c1-3-18(22)16-21-13-11-20(12-14-21)10-9-19(2)15-17-7-5-4-6-8-17/h4-8,18,22H,3,9-16H2,1-2H3. The van der Waals surface area contributed by atoms with Crippen LogP contribution in [0, 0.1) is 0 Å². The van der Waals surface area contributed by atoms with Crippen molar-refractivity contribution in [2.24, 2.45) is 0 Å². The minimum Gasteiger partial charge on any atom is -0.392 e. The van der Waals surface area contributed by atoms with E-state index in [1.165, 1.54) is 5.56 Å². The summed E-state index contributed by atoms with van der Waals surface area (Å²) in [5, 5.41) is 9.73. The molecule has 0 radical (unpaired) electrons. The molecule has 4 nitrogen and oxygen atoms in total. The maximum Gasteiger partial charge on any atom is 0.0664 e. The van der Waals surface area contributed by atoms with E-state index < -0.39 is 0 Å². The average Bonchev–Trinajstić information content (AvgIpc) is 2.55. The number of hydrogen-bond acceptors (Lipinski definition) is 4. The molecule has 0 amide bonds. The van der Waals surface area contributed by atoms with Crippen molar-refractivity contribution in [3.05, 3.63) is 35.9 Å². The summed E-state index contributed by atoms with van der Waals surface area (Å²) in [5.41, 5.74) is 1.38. The first kappa shape index (κ1) is 17.4. The summed E-state index contributed by atoms with van der Waals surface area (Å²) in [4.78, 5) is 7.32. The van der Waals surface area contributed by atoms with Gasteiger partial charge < -0.3 is 10.0 Å². The van der Waals surface area contributed by atoms with E-state index in [9.17, 15) is 5.11 Å². The molecule has 1 aliphatic heterocycles. The van der Waals surface area contributed by atoms with E-state index in [2.05, 4.69) is 52.1 Å². The molecule has 1 N–H and O–H groups in total. The van der Waals surface area contributed by atoms with Crippen LogP contribution in [0.5, 0.6) is 0 Å². The number of nitrogens with zero attached hydrogens (tertiary/aromatic N) is 3. The van der Waals surface area contributed by atoms with Gasteiger partial charge in [-0.1, -0.05) is 37.3 Å². The van der Waals surface area contributed by atoms with Crippen molar-refractivity contribution in [1.82, 2.24) is 14.7 Å². The van der Waals surface area contributed by atoms with Crippen LogP contribution in [0.3, 0.4) is 0 Å². The molecule has 1 aromatic carbocycles. The lowest BCUT2D eigenvalue weighted by Gasteiger charge is -2.36. The second-order valence-corrected chi connectivity index (χ2v) is 6.43. The summed E-state index contributed by atoms with van der Waals surface area (Å²) in [7, 11) is 2.20. The van der Waals surface area contributed by atoms with Crippen LogP contribution >= 0.6 is 0 Å². The van der Waals surface area contributed by atoms with Crippen molar-refractivity contribution in [2.75, 3.05) is 52.9 Å². The van der Waals surface area contributed by atoms with Crippen molar-refractivity contribution in [3.8, 4) is 0 Å². The zero-order chi connectivity index (χ0) is 15.8. The van der Waals surface area contributed by atoms with Crippen molar-refractivity contribution >= 4 is 0 Å². The van der Waals surface area contributed by atoms with Gasteiger partial charge in [-0.15, -0.1) is 0 Å². The fourth-order valence-corrected chi connectivity index (χ4v) is 2.91. The number of benzene rings is 1. The number of β-amino-alcohol motifs (C(OH)–C–C–N with tert-alkyl or cyclic N) is 1. The Balaban J connectivity index is 1.62. The van der Waals surface area contributed by atoms with Gasteiger partial charge in [-0.25, -0.2) is 0 Å². The summed E-state index contributed by atoms with van der Waals surface area (Å²) in [6.45, 7) is 10.5. The van der Waals surface area contributed by atoms with Crippen LogP contribution in [-0.2, 0) is 6.54 Å². The molecule has 22 heavy (non-hydrogen) atoms. The first-order valence-electron chi connectivity index (χ1n) is 8.52. The van der Waals surface area contributed by atoms with E-state index in [4.69, 9.17) is 0 Å². The van der Waals surface area contributed by atoms with Gasteiger partial charge in [0.2, 0.25) is 0 Å². The molecule has 124 valence electrons. The van der Waals surface area contributed by atoms with E-state index in [0.29, 0.717) is 0 Å². The van der Waals surface area contributed by atoms with Crippen LogP contribution in [0.15, 0.2) is 30.3 Å². The van der Waals surface area contributed by atoms with Crippen LogP contribution in [-0.4, -0.2) is 78.8 Å². The van der Waals surface area contributed by atoms with Gasteiger partial charge in [-0.3, -0.25) is 9.80 Å². The lowest BCUT2D eigenvalue weighted by atomic mass is 10.2. The Kier molecular flexibility index (Phi) is 7.33. The highest BCUT2D eigenvalue weighted by atomic mass is 16.3. The third kappa shape index (κ3) is 6.05. The van der Waals surface area contributed by atoms with Crippen molar-refractivity contribution in [2.45, 2.75) is 26.0 Å². The largest absolute Gasteiger partial charge is 0.392 e. The van der Waals surface area contributed by atoms with E-state index in [1.54, 1.807) is 0 Å². The van der Waals surface area contributed by atoms with Gasteiger partial charge >= 0.3 is 0 Å². The lowest BCUT2D eigenvalue weighted by molar-refractivity contribution is 0.0680. The Morgan fingerprint density at radius 1 is 1.09 bits per heavy atom. The molecule has 0 aliphatic carbocycles. The summed E-state index contributed by atoms with van der Waals surface area (Å²) < 4.78 is 0. The first-order chi connectivity index (χ1) is 10.7. The first-order valence-corrected chi connectivity index (χ1v) is 8.52. The number of aliphatic hydroxyl groups excluding tert-OH is 1. The third-order valence-electron chi connectivity index (χ3n) is 4.50. The molecule has 0 spiro atoms. The van der Waals surface area contributed by atoms with Gasteiger partial charge in [-0.2, -0.15) is 0 Å². The lowest BCUT2D eigenvalue weighted by Crippen LogP contribution is -2.49. The fourth-order valence-electron chi connectivity index (χ4n) is 2.91. The highest BCUT2D eigenvalue weighted by Gasteiger charge is 2.18. The topological polar surface area (TPSA) is 30.0 Å². The van der Waals surface area contributed by atoms with Crippen LogP contribution < -0.4 is 0 Å². The van der Waals surface area contributed by atoms with Gasteiger partial charge in [0.25, 0.3) is 0 Å². The minimum atomic E-state index is -0.163. The summed E-state index contributed by atoms with van der Waals surface area (Å²) in [6, 6.07) is 10.7. The van der Waals surface area contributed by atoms with Gasteiger partial charge in [0.15, 0.2) is 0 Å². The van der Waals surface area contributed by atoms with Gasteiger partial charge in [0.1, 0.15) is 0 Å². The molecule has 1 saturated heterocycles. The Hall–Kier alpha value is -0.940. The van der Waals surface area contributed by atoms with Crippen molar-refractivity contribution in [3.63, 3.8) is 0 Å². The Morgan fingerprint density at radius 3 is 2.36 bits per heavy atom. The predicted molar refractivity (Wildman–Crippen MR) is 92.0 cm³/mol. The van der Waals surface area contributed by atoms with E-state index in [1.807, 2.05) is 6.92 Å². The maximum absolute atomic E-state index is 9.73. The molecule has 2 rings (SSSR count). The third-order valence-corrected chi connectivity index (χ3v) is 4.50. The number of likely N-dealkylation sites (N-methyl/N-ethyl adjacent to an activating group) is 1. The number of rotatable bonds is 8. The van der Waals surface area contributed by atoms with E-state index in [-0.39, 0.29) is 6.10 Å². The average molecular weight is 305 g/mol. The number of hydrogen-bond donors (Lipinski definition) is 1. The molecule has 4 heteroatoms. The van der Waals surface area contributed by atoms with Gasteiger partial charge in [0, 0.05) is 52.4 Å². The summed E-state index contributed by atoms with van der Waals surface area (Å²) in [6.07, 6.45) is 0.688. The highest BCUT2D eigenvalue weighted by Crippen LogP contribution is 2.06. The monoisotopic (exact) mass is 305 g/mol. The Morgan fingerprint density at radius 2 is 1.73 bits per heavy atom. The van der Waals surface area contributed by atoms with E-state index >= 15 is 0 Å². The highest BCUT2D eigenvalue weighted by molar-refractivity contribution is 5.14. The molecular weight excluding hydrogens is 274 g/mol. The molecule has 1 aromatic rings. The zero-order valence-corrected chi connectivity index (χ0v) is 14.1. The van der Waals surface area contributed by atoms with Crippen LogP contribution in [0.1, 0.15) is 18.9 Å². The maximum atomic E-state index is 9.73. The van der Waals surface area contributed by atoms with Gasteiger partial charge in [0.05, 0.1) is 6.10 Å². The number of aliphatic hydroxyl groups is 1. The van der Waals surface area contributed by atoms with Crippen LogP contribution in [0.25, 0.3) is 0 Å². The number of piperazine rings is 1. The van der Waals surface area contributed by atoms with E-state index in [0.717, 1.165) is 58.8 Å². The molecular formula is C18H31N3O. The summed E-state index contributed by atoms with van der Waals surface area (Å²) in [5.74, 6) is 0. The quantitative estimate of drug-likeness (QED) is 0.788. The molecule has 0 aromatic heterocycles. The van der Waals surface area contributed by atoms with Gasteiger partial charge in [-0.05, 0) is 19.0 Å². The molecule has 1 heterocycles. The smallest absolute Gasteiger partial charge is 0.0664 e. The molecule has 1 fully saturated rings. The summed E-state index contributed by atoms with van der Waals surface area (Å²) >= 11 is 0. The fraction of sp³-hybridized carbons (Fsp3) is 0.667. The zero-order valence-electron chi connectivity index (χ0n) is 14.1. The SMILES string of the molecule is CCC(O)CN1CCN(CCN(C)Cc2ccccc2)CC1. The molecule has 0 bridgehead atoms.